The van der Waals surface area contributed by atoms with E-state index in [1.54, 1.807) is 11.8 Å². The van der Waals surface area contributed by atoms with Crippen LogP contribution in [0.2, 0.25) is 5.02 Å². The summed E-state index contributed by atoms with van der Waals surface area (Å²) < 4.78 is -0.162. The Morgan fingerprint density at radius 2 is 1.81 bits per heavy atom. The van der Waals surface area contributed by atoms with Crippen molar-refractivity contribution in [1.82, 2.24) is 0 Å². The molecule has 0 bridgehead atoms. The maximum absolute atomic E-state index is 9.32. The molecule has 2 fully saturated rings. The highest BCUT2D eigenvalue weighted by Crippen LogP contribution is 2.69. The van der Waals surface area contributed by atoms with Gasteiger partial charge < -0.3 is 0 Å². The first-order valence-electron chi connectivity index (χ1n) is 5.51. The van der Waals surface area contributed by atoms with Gasteiger partial charge in [0.25, 0.3) is 0 Å². The highest BCUT2D eigenvalue weighted by molar-refractivity contribution is 8.01. The first kappa shape index (κ1) is 10.5. The second kappa shape index (κ2) is 3.42. The molecule has 2 aliphatic carbocycles. The van der Waals surface area contributed by atoms with Crippen molar-refractivity contribution in [2.45, 2.75) is 35.3 Å². The fraction of sp³-hybridized carbons (Fsp3) is 0.462. The van der Waals surface area contributed by atoms with Crippen LogP contribution in [-0.4, -0.2) is 4.75 Å². The molecule has 3 heteroatoms. The summed E-state index contributed by atoms with van der Waals surface area (Å²) in [5, 5.41) is 10.1. The minimum atomic E-state index is -0.162. The first-order valence-corrected chi connectivity index (χ1v) is 6.71. The number of halogens is 1. The molecule has 0 amide bonds. The summed E-state index contributed by atoms with van der Waals surface area (Å²) in [5.41, 5.74) is 0.565. The van der Waals surface area contributed by atoms with Crippen LogP contribution in [0.1, 0.15) is 25.7 Å². The average Bonchev–Trinajstić information content (AvgIpc) is 3.00. The van der Waals surface area contributed by atoms with Gasteiger partial charge in [0.05, 0.1) is 6.07 Å². The minimum absolute atomic E-state index is 0.162. The van der Waals surface area contributed by atoms with Gasteiger partial charge in [0.1, 0.15) is 4.75 Å². The third kappa shape index (κ3) is 1.73. The SMILES string of the molecule is N#CC1(Sc2ccc(Cl)cc2)CC2(CC2)C1. The number of thioether (sulfide) groups is 1. The van der Waals surface area contributed by atoms with E-state index in [0.717, 1.165) is 22.8 Å². The number of hydrogen-bond donors (Lipinski definition) is 0. The summed E-state index contributed by atoms with van der Waals surface area (Å²) in [4.78, 5) is 1.15. The van der Waals surface area contributed by atoms with E-state index in [9.17, 15) is 5.26 Å². The summed E-state index contributed by atoms with van der Waals surface area (Å²) >= 11 is 7.55. The number of benzene rings is 1. The summed E-state index contributed by atoms with van der Waals surface area (Å²) in [5.74, 6) is 0. The third-order valence-electron chi connectivity index (χ3n) is 3.61. The Hall–Kier alpha value is -0.650. The van der Waals surface area contributed by atoms with Gasteiger partial charge >= 0.3 is 0 Å². The lowest BCUT2D eigenvalue weighted by Gasteiger charge is -2.42. The molecular weight excluding hydrogens is 238 g/mol. The zero-order chi connectivity index (χ0) is 11.2. The van der Waals surface area contributed by atoms with Gasteiger partial charge in [-0.15, -0.1) is 11.8 Å². The van der Waals surface area contributed by atoms with E-state index >= 15 is 0 Å². The molecule has 1 aromatic rings. The Morgan fingerprint density at radius 3 is 2.31 bits per heavy atom. The van der Waals surface area contributed by atoms with Crippen LogP contribution in [0.25, 0.3) is 0 Å². The van der Waals surface area contributed by atoms with E-state index < -0.39 is 0 Å². The molecule has 0 N–H and O–H groups in total. The van der Waals surface area contributed by atoms with Crippen molar-refractivity contribution < 1.29 is 0 Å². The Labute approximate surface area is 105 Å². The molecule has 2 aliphatic rings. The fourth-order valence-electron chi connectivity index (χ4n) is 2.59. The van der Waals surface area contributed by atoms with Crippen molar-refractivity contribution in [3.8, 4) is 6.07 Å². The molecule has 0 aliphatic heterocycles. The maximum Gasteiger partial charge on any atom is 0.108 e. The van der Waals surface area contributed by atoms with E-state index in [4.69, 9.17) is 11.6 Å². The van der Waals surface area contributed by atoms with E-state index in [0.29, 0.717) is 5.41 Å². The van der Waals surface area contributed by atoms with Crippen LogP contribution in [-0.2, 0) is 0 Å². The molecule has 3 rings (SSSR count). The van der Waals surface area contributed by atoms with Crippen LogP contribution >= 0.6 is 23.4 Å². The fourth-order valence-corrected chi connectivity index (χ4v) is 4.24. The lowest BCUT2D eigenvalue weighted by molar-refractivity contribution is 0.251. The van der Waals surface area contributed by atoms with Crippen LogP contribution in [0.15, 0.2) is 29.2 Å². The van der Waals surface area contributed by atoms with Gasteiger partial charge in [-0.05, 0) is 55.4 Å². The first-order chi connectivity index (χ1) is 7.65. The molecule has 2 saturated carbocycles. The second-order valence-electron chi connectivity index (χ2n) is 5.02. The van der Waals surface area contributed by atoms with Crippen LogP contribution in [0.5, 0.6) is 0 Å². The molecule has 0 atom stereocenters. The van der Waals surface area contributed by atoms with Crippen molar-refractivity contribution in [3.63, 3.8) is 0 Å². The van der Waals surface area contributed by atoms with Crippen LogP contribution < -0.4 is 0 Å². The van der Waals surface area contributed by atoms with E-state index in [2.05, 4.69) is 6.07 Å². The van der Waals surface area contributed by atoms with Gasteiger partial charge in [-0.2, -0.15) is 5.26 Å². The van der Waals surface area contributed by atoms with Crippen molar-refractivity contribution in [2.24, 2.45) is 5.41 Å². The molecule has 0 aromatic heterocycles. The molecule has 82 valence electrons. The van der Waals surface area contributed by atoms with Gasteiger partial charge in [0, 0.05) is 9.92 Å². The lowest BCUT2D eigenvalue weighted by atomic mass is 9.72. The normalized spacial score (nSPS) is 23.5. The zero-order valence-electron chi connectivity index (χ0n) is 8.87. The van der Waals surface area contributed by atoms with Gasteiger partial charge in [-0.3, -0.25) is 0 Å². The number of nitriles is 1. The minimum Gasteiger partial charge on any atom is -0.197 e. The smallest absolute Gasteiger partial charge is 0.108 e. The quantitative estimate of drug-likeness (QED) is 0.782. The Kier molecular flexibility index (Phi) is 2.24. The largest absolute Gasteiger partial charge is 0.197 e. The van der Waals surface area contributed by atoms with E-state index in [-0.39, 0.29) is 4.75 Å². The maximum atomic E-state index is 9.32. The molecule has 1 aromatic carbocycles. The molecule has 1 nitrogen and oxygen atoms in total. The number of rotatable bonds is 2. The summed E-state index contributed by atoms with van der Waals surface area (Å²) in [6.07, 6.45) is 4.81. The van der Waals surface area contributed by atoms with Gasteiger partial charge in [0.15, 0.2) is 0 Å². The topological polar surface area (TPSA) is 23.8 Å². The summed E-state index contributed by atoms with van der Waals surface area (Å²) in [6.45, 7) is 0. The average molecular weight is 250 g/mol. The predicted molar refractivity (Wildman–Crippen MR) is 66.6 cm³/mol. The molecular formula is C13H12ClNS. The molecule has 1 spiro atoms. The number of nitrogens with zero attached hydrogens (tertiary/aromatic N) is 1. The van der Waals surface area contributed by atoms with Crippen molar-refractivity contribution in [3.05, 3.63) is 29.3 Å². The molecule has 0 unspecified atom stereocenters. The Bertz CT molecular complexity index is 448. The monoisotopic (exact) mass is 249 g/mol. The standard InChI is InChI=1S/C13H12ClNS/c14-10-1-3-11(4-2-10)16-13(9-15)7-12(8-13)5-6-12/h1-4H,5-8H2. The van der Waals surface area contributed by atoms with Crippen molar-refractivity contribution >= 4 is 23.4 Å². The Morgan fingerprint density at radius 1 is 1.19 bits per heavy atom. The van der Waals surface area contributed by atoms with Crippen LogP contribution in [0, 0.1) is 16.7 Å². The van der Waals surface area contributed by atoms with Crippen LogP contribution in [0.3, 0.4) is 0 Å². The lowest BCUT2D eigenvalue weighted by Crippen LogP contribution is -2.40. The highest BCUT2D eigenvalue weighted by atomic mass is 35.5. The van der Waals surface area contributed by atoms with Gasteiger partial charge in [-0.25, -0.2) is 0 Å². The van der Waals surface area contributed by atoms with Crippen molar-refractivity contribution in [2.75, 3.05) is 0 Å². The van der Waals surface area contributed by atoms with Gasteiger partial charge in [-0.1, -0.05) is 11.6 Å². The zero-order valence-corrected chi connectivity index (χ0v) is 10.4. The van der Waals surface area contributed by atoms with Crippen LogP contribution in [0.4, 0.5) is 0 Å². The number of hydrogen-bond acceptors (Lipinski definition) is 2. The van der Waals surface area contributed by atoms with Gasteiger partial charge in [0.2, 0.25) is 0 Å². The molecule has 0 heterocycles. The highest BCUT2D eigenvalue weighted by Gasteiger charge is 2.61. The Balaban J connectivity index is 1.74. The molecule has 16 heavy (non-hydrogen) atoms. The van der Waals surface area contributed by atoms with Crippen molar-refractivity contribution in [1.29, 1.82) is 5.26 Å². The third-order valence-corrected chi connectivity index (χ3v) is 5.14. The predicted octanol–water partition coefficient (Wildman–Crippen LogP) is 4.27. The summed E-state index contributed by atoms with van der Waals surface area (Å²) in [7, 11) is 0. The summed E-state index contributed by atoms with van der Waals surface area (Å²) in [6, 6.07) is 10.3. The van der Waals surface area contributed by atoms with E-state index in [1.807, 2.05) is 24.3 Å². The van der Waals surface area contributed by atoms with E-state index in [1.165, 1.54) is 12.8 Å². The molecule has 0 saturated heterocycles. The second-order valence-corrected chi connectivity index (χ2v) is 6.91. The molecule has 0 radical (unpaired) electrons.